The van der Waals surface area contributed by atoms with Crippen molar-refractivity contribution < 1.29 is 18.9 Å². The molecule has 6 nitrogen and oxygen atoms in total. The predicted molar refractivity (Wildman–Crippen MR) is 344 cm³/mol. The van der Waals surface area contributed by atoms with Crippen LogP contribution in [0.5, 0.6) is 0 Å². The van der Waals surface area contributed by atoms with E-state index in [0.29, 0.717) is 17.2 Å². The standard InChI is InChI=1S/C37H23NO.C27H16BrNO.C10H9BO2/c1-2-10-27-23-28(22-17-24(27)9-1)36-31-13-5-3-11-29(31)35(30-12-4-6-14-32(30)36)25-18-20-26(21-19-25)37-38-33-15-7-8-16-34(33)39-37;28-26-21-9-3-1-7-19(21)25(20-8-2-4-10-22(20)26)17-13-15-18(16-14-17)27-29-23-11-5-6-12-24(23)30-27;12-11(13)10-6-5-8-3-1-2-4-9(8)7-10/h1-23H;1-16H;1-7,12-13H. The molecule has 82 heavy (non-hydrogen) atoms. The Hall–Kier alpha value is -9.96. The number of aromatic nitrogens is 2. The van der Waals surface area contributed by atoms with Crippen LogP contribution in [-0.4, -0.2) is 27.1 Å². The molecule has 0 bridgehead atoms. The van der Waals surface area contributed by atoms with Crippen molar-refractivity contribution in [3.05, 3.63) is 284 Å². The highest BCUT2D eigenvalue weighted by atomic mass is 79.9. The molecule has 2 N–H and O–H groups in total. The molecule has 0 aliphatic heterocycles. The van der Waals surface area contributed by atoms with Crippen molar-refractivity contribution in [2.45, 2.75) is 0 Å². The Morgan fingerprint density at radius 3 is 1.04 bits per heavy atom. The van der Waals surface area contributed by atoms with E-state index in [9.17, 15) is 0 Å². The van der Waals surface area contributed by atoms with Gasteiger partial charge in [-0.2, -0.15) is 0 Å². The summed E-state index contributed by atoms with van der Waals surface area (Å²) in [6, 6.07) is 96.0. The maximum Gasteiger partial charge on any atom is 0.488 e. The van der Waals surface area contributed by atoms with Crippen LogP contribution in [0.2, 0.25) is 0 Å². The van der Waals surface area contributed by atoms with Gasteiger partial charge in [0.15, 0.2) is 11.2 Å². The fourth-order valence-electron chi connectivity index (χ4n) is 11.4. The Morgan fingerprint density at radius 1 is 0.293 bits per heavy atom. The average molecular weight is 1120 g/mol. The maximum absolute atomic E-state index is 8.94. The highest BCUT2D eigenvalue weighted by Crippen LogP contribution is 2.45. The summed E-state index contributed by atoms with van der Waals surface area (Å²) < 4.78 is 13.1. The number of hydrogen-bond donors (Lipinski definition) is 2. The van der Waals surface area contributed by atoms with Gasteiger partial charge in [-0.3, -0.25) is 0 Å². The third-order valence-electron chi connectivity index (χ3n) is 15.3. The number of oxazole rings is 2. The average Bonchev–Trinajstić information content (AvgIpc) is 4.17. The lowest BCUT2D eigenvalue weighted by atomic mass is 9.79. The first-order valence-corrected chi connectivity index (χ1v) is 28.0. The fraction of sp³-hybridized carbons (Fsp3) is 0. The minimum atomic E-state index is -1.38. The molecule has 0 aliphatic rings. The fourth-order valence-corrected chi connectivity index (χ4v) is 12.1. The van der Waals surface area contributed by atoms with Crippen molar-refractivity contribution in [1.29, 1.82) is 0 Å². The van der Waals surface area contributed by atoms with Crippen LogP contribution in [0.3, 0.4) is 0 Å². The van der Waals surface area contributed by atoms with Crippen LogP contribution in [-0.2, 0) is 0 Å². The van der Waals surface area contributed by atoms with E-state index in [1.165, 1.54) is 87.2 Å². The van der Waals surface area contributed by atoms with Crippen LogP contribution in [0.1, 0.15) is 0 Å². The van der Waals surface area contributed by atoms with Crippen LogP contribution in [0, 0.1) is 0 Å². The number of para-hydroxylation sites is 4. The number of halogens is 1. The third kappa shape index (κ3) is 9.44. The van der Waals surface area contributed by atoms with Gasteiger partial charge in [0, 0.05) is 15.6 Å². The van der Waals surface area contributed by atoms with Crippen molar-refractivity contribution >= 4 is 115 Å². The van der Waals surface area contributed by atoms with E-state index in [2.05, 4.69) is 214 Å². The summed E-state index contributed by atoms with van der Waals surface area (Å²) in [7, 11) is -1.38. The van der Waals surface area contributed by atoms with Crippen LogP contribution in [0.4, 0.5) is 0 Å². The van der Waals surface area contributed by atoms with E-state index in [1.807, 2.05) is 78.9 Å². The van der Waals surface area contributed by atoms with Crippen molar-refractivity contribution in [1.82, 2.24) is 9.97 Å². The maximum atomic E-state index is 8.94. The Labute approximate surface area is 481 Å². The zero-order valence-corrected chi connectivity index (χ0v) is 45.7. The molecular formula is C74H48BBrN2O4. The van der Waals surface area contributed by atoms with Crippen molar-refractivity contribution in [3.63, 3.8) is 0 Å². The van der Waals surface area contributed by atoms with Crippen LogP contribution >= 0.6 is 15.9 Å². The molecule has 2 heterocycles. The van der Waals surface area contributed by atoms with Gasteiger partial charge in [0.1, 0.15) is 11.0 Å². The SMILES string of the molecule is Brc1c2ccccc2c(-c2ccc(-c3nc4ccccc4o3)cc2)c2ccccc12.OB(O)c1ccc2ccccc2c1.c1ccc2cc(-c3c4ccccc4c(-c4ccc(-c5nc6ccccc6o5)cc4)c4ccccc34)ccc2c1. The molecule has 0 unspecified atom stereocenters. The number of rotatable bonds is 6. The molecule has 14 aromatic carbocycles. The monoisotopic (exact) mass is 1120 g/mol. The molecule has 16 aromatic rings. The molecule has 2 aromatic heterocycles. The van der Waals surface area contributed by atoms with Gasteiger partial charge < -0.3 is 18.9 Å². The second-order valence-electron chi connectivity index (χ2n) is 20.3. The molecule has 16 rings (SSSR count). The number of nitrogens with zero attached hydrogens (tertiary/aromatic N) is 2. The Balaban J connectivity index is 0.000000123. The molecule has 0 atom stereocenters. The van der Waals surface area contributed by atoms with Crippen molar-refractivity contribution in [2.75, 3.05) is 0 Å². The van der Waals surface area contributed by atoms with Crippen LogP contribution in [0.25, 0.3) is 143 Å². The topological polar surface area (TPSA) is 92.5 Å². The molecule has 8 heteroatoms. The summed E-state index contributed by atoms with van der Waals surface area (Å²) >= 11 is 3.83. The molecule has 0 spiro atoms. The second-order valence-corrected chi connectivity index (χ2v) is 21.1. The zero-order valence-electron chi connectivity index (χ0n) is 44.1. The van der Waals surface area contributed by atoms with Gasteiger partial charge in [0.05, 0.1) is 0 Å². The van der Waals surface area contributed by atoms with Gasteiger partial charge in [-0.15, -0.1) is 0 Å². The Kier molecular flexibility index (Phi) is 13.2. The van der Waals surface area contributed by atoms with E-state index >= 15 is 0 Å². The normalized spacial score (nSPS) is 11.4. The van der Waals surface area contributed by atoms with E-state index in [0.717, 1.165) is 48.6 Å². The van der Waals surface area contributed by atoms with Crippen LogP contribution in [0.15, 0.2) is 292 Å². The first-order chi connectivity index (χ1) is 40.4. The molecule has 388 valence electrons. The summed E-state index contributed by atoms with van der Waals surface area (Å²) in [5, 5.41) is 32.4. The zero-order chi connectivity index (χ0) is 55.1. The predicted octanol–water partition coefficient (Wildman–Crippen LogP) is 19.0. The van der Waals surface area contributed by atoms with Gasteiger partial charge in [0.25, 0.3) is 0 Å². The number of hydrogen-bond acceptors (Lipinski definition) is 6. The van der Waals surface area contributed by atoms with Gasteiger partial charge in [-0.1, -0.05) is 224 Å². The second kappa shape index (κ2) is 21.6. The minimum absolute atomic E-state index is 0.527. The highest BCUT2D eigenvalue weighted by Gasteiger charge is 2.19. The van der Waals surface area contributed by atoms with Crippen molar-refractivity contribution in [3.8, 4) is 56.3 Å². The largest absolute Gasteiger partial charge is 0.488 e. The molecule has 0 amide bonds. The summed E-state index contributed by atoms with van der Waals surface area (Å²) in [6.45, 7) is 0. The van der Waals surface area contributed by atoms with Gasteiger partial charge in [-0.25, -0.2) is 9.97 Å². The lowest BCUT2D eigenvalue weighted by molar-refractivity contribution is 0.426. The number of benzene rings is 14. The summed E-state index contributed by atoms with van der Waals surface area (Å²) in [5.41, 5.74) is 13.2. The minimum Gasteiger partial charge on any atom is -0.436 e. The molecule has 0 fully saturated rings. The summed E-state index contributed by atoms with van der Waals surface area (Å²) in [6.07, 6.45) is 0. The smallest absolute Gasteiger partial charge is 0.436 e. The van der Waals surface area contributed by atoms with Crippen LogP contribution < -0.4 is 5.46 Å². The highest BCUT2D eigenvalue weighted by molar-refractivity contribution is 9.10. The Bertz CT molecular complexity index is 4870. The summed E-state index contributed by atoms with van der Waals surface area (Å²) in [4.78, 5) is 9.31. The van der Waals surface area contributed by atoms with Gasteiger partial charge in [0.2, 0.25) is 11.8 Å². The van der Waals surface area contributed by atoms with E-state index in [1.54, 1.807) is 12.1 Å². The molecule has 0 radical (unpaired) electrons. The van der Waals surface area contributed by atoms with Gasteiger partial charge >= 0.3 is 7.12 Å². The molecular weight excluding hydrogens is 1070 g/mol. The first-order valence-electron chi connectivity index (χ1n) is 27.2. The molecule has 0 aliphatic carbocycles. The quantitative estimate of drug-likeness (QED) is 0.127. The van der Waals surface area contributed by atoms with E-state index < -0.39 is 7.12 Å². The lowest BCUT2D eigenvalue weighted by Crippen LogP contribution is -2.29. The first kappa shape index (κ1) is 50.3. The molecule has 0 saturated carbocycles. The van der Waals surface area contributed by atoms with Gasteiger partial charge in [-0.05, 0) is 174 Å². The summed E-state index contributed by atoms with van der Waals surface area (Å²) in [5.74, 6) is 1.29. The molecule has 0 saturated heterocycles. The van der Waals surface area contributed by atoms with E-state index in [4.69, 9.17) is 18.9 Å². The third-order valence-corrected chi connectivity index (χ3v) is 16.2. The Morgan fingerprint density at radius 2 is 0.610 bits per heavy atom. The lowest BCUT2D eigenvalue weighted by Gasteiger charge is -2.18. The van der Waals surface area contributed by atoms with Crippen molar-refractivity contribution in [2.24, 2.45) is 0 Å². The van der Waals surface area contributed by atoms with E-state index in [-0.39, 0.29) is 0 Å². The number of fused-ring (bicyclic) bond motifs is 8.